The Balaban J connectivity index is 2.32. The summed E-state index contributed by atoms with van der Waals surface area (Å²) in [5, 5.41) is 23.1. The monoisotopic (exact) mass is 246 g/mol. The third kappa shape index (κ3) is 2.57. The minimum atomic E-state index is -0.478. The Morgan fingerprint density at radius 1 is 1.39 bits per heavy atom. The van der Waals surface area contributed by atoms with Crippen molar-refractivity contribution in [3.63, 3.8) is 0 Å². The zero-order valence-electron chi connectivity index (χ0n) is 9.93. The molecule has 0 unspecified atom stereocenters. The van der Waals surface area contributed by atoms with E-state index in [2.05, 4.69) is 10.2 Å². The van der Waals surface area contributed by atoms with Gasteiger partial charge in [-0.1, -0.05) is 0 Å². The molecule has 0 aliphatic carbocycles. The summed E-state index contributed by atoms with van der Waals surface area (Å²) in [6, 6.07) is 6.50. The first-order chi connectivity index (χ1) is 8.72. The summed E-state index contributed by atoms with van der Waals surface area (Å²) in [4.78, 5) is 12.3. The molecule has 1 heterocycles. The average Bonchev–Trinajstić information content (AvgIpc) is 2.66. The summed E-state index contributed by atoms with van der Waals surface area (Å²) >= 11 is 0. The lowest BCUT2D eigenvalue weighted by atomic mass is 10.1. The van der Waals surface area contributed by atoms with Crippen molar-refractivity contribution in [3.8, 4) is 6.07 Å². The molecule has 1 fully saturated rings. The minimum absolute atomic E-state index is 0.0387. The van der Waals surface area contributed by atoms with Gasteiger partial charge in [0.15, 0.2) is 0 Å². The lowest BCUT2D eigenvalue weighted by molar-refractivity contribution is -0.384. The number of anilines is 1. The van der Waals surface area contributed by atoms with E-state index in [1.165, 1.54) is 12.1 Å². The van der Waals surface area contributed by atoms with Crippen LogP contribution in [0.15, 0.2) is 18.2 Å². The third-order valence-electron chi connectivity index (χ3n) is 2.99. The van der Waals surface area contributed by atoms with Crippen molar-refractivity contribution in [1.29, 1.82) is 5.26 Å². The smallest absolute Gasteiger partial charge is 0.270 e. The molecule has 0 atom stereocenters. The highest BCUT2D eigenvalue weighted by molar-refractivity contribution is 5.63. The molecule has 94 valence electrons. The van der Waals surface area contributed by atoms with E-state index in [1.807, 2.05) is 6.07 Å². The molecule has 18 heavy (non-hydrogen) atoms. The molecule has 0 bridgehead atoms. The first kappa shape index (κ1) is 12.3. The van der Waals surface area contributed by atoms with Gasteiger partial charge in [-0.3, -0.25) is 10.1 Å². The van der Waals surface area contributed by atoms with E-state index in [0.717, 1.165) is 38.3 Å². The van der Waals surface area contributed by atoms with E-state index in [1.54, 1.807) is 6.07 Å². The topological polar surface area (TPSA) is 82.2 Å². The van der Waals surface area contributed by atoms with Crippen molar-refractivity contribution in [3.05, 3.63) is 33.9 Å². The van der Waals surface area contributed by atoms with Crippen molar-refractivity contribution in [1.82, 2.24) is 5.32 Å². The molecule has 6 heteroatoms. The predicted molar refractivity (Wildman–Crippen MR) is 67.5 cm³/mol. The summed E-state index contributed by atoms with van der Waals surface area (Å²) in [6.45, 7) is 3.50. The molecule has 1 saturated heterocycles. The van der Waals surface area contributed by atoms with Gasteiger partial charge in [0.2, 0.25) is 0 Å². The molecule has 2 rings (SSSR count). The summed E-state index contributed by atoms with van der Waals surface area (Å²) in [7, 11) is 0. The van der Waals surface area contributed by atoms with Gasteiger partial charge in [0.25, 0.3) is 5.69 Å². The van der Waals surface area contributed by atoms with Gasteiger partial charge in [0, 0.05) is 31.8 Å². The Kier molecular flexibility index (Phi) is 3.75. The van der Waals surface area contributed by atoms with Crippen LogP contribution in [0.2, 0.25) is 0 Å². The van der Waals surface area contributed by atoms with Gasteiger partial charge in [-0.25, -0.2) is 0 Å². The Labute approximate surface area is 105 Å². The normalized spacial score (nSPS) is 15.8. The number of nitro benzene ring substituents is 1. The van der Waals surface area contributed by atoms with E-state index in [-0.39, 0.29) is 5.69 Å². The number of benzene rings is 1. The molecule has 0 spiro atoms. The molecule has 1 N–H and O–H groups in total. The van der Waals surface area contributed by atoms with E-state index in [9.17, 15) is 10.1 Å². The molecule has 1 aliphatic rings. The molecular weight excluding hydrogens is 232 g/mol. The molecule has 6 nitrogen and oxygen atoms in total. The van der Waals surface area contributed by atoms with Crippen LogP contribution in [0.5, 0.6) is 0 Å². The fourth-order valence-electron chi connectivity index (χ4n) is 2.09. The third-order valence-corrected chi connectivity index (χ3v) is 2.99. The number of nitrogens with one attached hydrogen (secondary N) is 1. The number of nitriles is 1. The van der Waals surface area contributed by atoms with Gasteiger partial charge in [0.1, 0.15) is 6.07 Å². The van der Waals surface area contributed by atoms with Gasteiger partial charge in [-0.15, -0.1) is 0 Å². The van der Waals surface area contributed by atoms with Gasteiger partial charge in [0.05, 0.1) is 16.2 Å². The fourth-order valence-corrected chi connectivity index (χ4v) is 2.09. The molecule has 1 aromatic rings. The van der Waals surface area contributed by atoms with Crippen molar-refractivity contribution in [2.24, 2.45) is 0 Å². The molecule has 1 aliphatic heterocycles. The Morgan fingerprint density at radius 2 is 2.22 bits per heavy atom. The summed E-state index contributed by atoms with van der Waals surface area (Å²) < 4.78 is 0. The zero-order valence-corrected chi connectivity index (χ0v) is 9.93. The predicted octanol–water partition coefficient (Wildman–Crippen LogP) is 1.27. The number of nitro groups is 1. The van der Waals surface area contributed by atoms with Crippen LogP contribution in [0.3, 0.4) is 0 Å². The molecule has 0 radical (unpaired) electrons. The highest BCUT2D eigenvalue weighted by Crippen LogP contribution is 2.25. The highest BCUT2D eigenvalue weighted by Gasteiger charge is 2.16. The average molecular weight is 246 g/mol. The molecular formula is C12H14N4O2. The number of hydrogen-bond acceptors (Lipinski definition) is 5. The Morgan fingerprint density at radius 3 is 2.94 bits per heavy atom. The Hall–Kier alpha value is -2.13. The first-order valence-corrected chi connectivity index (χ1v) is 5.86. The van der Waals surface area contributed by atoms with Crippen LogP contribution in [0, 0.1) is 21.4 Å². The number of hydrogen-bond donors (Lipinski definition) is 1. The standard InChI is InChI=1S/C12H14N4O2/c13-9-10-8-11(16(17)18)2-3-12(10)15-6-1-4-14-5-7-15/h2-3,8,14H,1,4-7H2. The van der Waals surface area contributed by atoms with Crippen molar-refractivity contribution in [2.45, 2.75) is 6.42 Å². The zero-order chi connectivity index (χ0) is 13.0. The van der Waals surface area contributed by atoms with Gasteiger partial charge >= 0.3 is 0 Å². The van der Waals surface area contributed by atoms with Crippen molar-refractivity contribution >= 4 is 11.4 Å². The number of non-ortho nitro benzene ring substituents is 1. The highest BCUT2D eigenvalue weighted by atomic mass is 16.6. The van der Waals surface area contributed by atoms with Crippen LogP contribution < -0.4 is 10.2 Å². The van der Waals surface area contributed by atoms with Gasteiger partial charge in [-0.2, -0.15) is 5.26 Å². The van der Waals surface area contributed by atoms with Crippen LogP contribution >= 0.6 is 0 Å². The van der Waals surface area contributed by atoms with Gasteiger partial charge in [-0.05, 0) is 19.0 Å². The maximum Gasteiger partial charge on any atom is 0.270 e. The maximum absolute atomic E-state index is 10.7. The molecule has 0 amide bonds. The number of nitrogens with zero attached hydrogens (tertiary/aromatic N) is 3. The quantitative estimate of drug-likeness (QED) is 0.627. The van der Waals surface area contributed by atoms with Crippen LogP contribution in [-0.4, -0.2) is 31.1 Å². The van der Waals surface area contributed by atoms with Crippen LogP contribution in [-0.2, 0) is 0 Å². The summed E-state index contributed by atoms with van der Waals surface area (Å²) in [5.41, 5.74) is 1.11. The second-order valence-corrected chi connectivity index (χ2v) is 4.16. The van der Waals surface area contributed by atoms with E-state index in [0.29, 0.717) is 5.56 Å². The maximum atomic E-state index is 10.7. The molecule has 0 aromatic heterocycles. The van der Waals surface area contributed by atoms with E-state index < -0.39 is 4.92 Å². The minimum Gasteiger partial charge on any atom is -0.369 e. The van der Waals surface area contributed by atoms with E-state index in [4.69, 9.17) is 5.26 Å². The lowest BCUT2D eigenvalue weighted by Gasteiger charge is -2.23. The van der Waals surface area contributed by atoms with Crippen LogP contribution in [0.4, 0.5) is 11.4 Å². The summed E-state index contributed by atoms with van der Waals surface area (Å²) in [6.07, 6.45) is 1.00. The summed E-state index contributed by atoms with van der Waals surface area (Å²) in [5.74, 6) is 0. The van der Waals surface area contributed by atoms with Crippen LogP contribution in [0.1, 0.15) is 12.0 Å². The molecule has 1 aromatic carbocycles. The lowest BCUT2D eigenvalue weighted by Crippen LogP contribution is -2.28. The van der Waals surface area contributed by atoms with Crippen LogP contribution in [0.25, 0.3) is 0 Å². The van der Waals surface area contributed by atoms with E-state index >= 15 is 0 Å². The van der Waals surface area contributed by atoms with Gasteiger partial charge < -0.3 is 10.2 Å². The first-order valence-electron chi connectivity index (χ1n) is 5.86. The second-order valence-electron chi connectivity index (χ2n) is 4.16. The SMILES string of the molecule is N#Cc1cc([N+](=O)[O-])ccc1N1CCCNCC1. The second kappa shape index (κ2) is 5.47. The Bertz CT molecular complexity index is 487. The van der Waals surface area contributed by atoms with Crippen molar-refractivity contribution in [2.75, 3.05) is 31.1 Å². The molecule has 0 saturated carbocycles. The number of rotatable bonds is 2. The fraction of sp³-hybridized carbons (Fsp3) is 0.417. The van der Waals surface area contributed by atoms with Crippen molar-refractivity contribution < 1.29 is 4.92 Å². The largest absolute Gasteiger partial charge is 0.369 e.